The third-order valence-electron chi connectivity index (χ3n) is 5.49. The molecule has 0 spiro atoms. The van der Waals surface area contributed by atoms with Gasteiger partial charge in [-0.25, -0.2) is 0 Å². The van der Waals surface area contributed by atoms with Crippen LogP contribution in [0.25, 0.3) is 10.9 Å². The summed E-state index contributed by atoms with van der Waals surface area (Å²) in [7, 11) is 1.87. The summed E-state index contributed by atoms with van der Waals surface area (Å²) in [6, 6.07) is 7.75. The van der Waals surface area contributed by atoms with E-state index < -0.39 is 0 Å². The molecule has 0 aliphatic carbocycles. The molecule has 0 N–H and O–H groups in total. The van der Waals surface area contributed by atoms with Gasteiger partial charge in [0.2, 0.25) is 5.91 Å². The minimum absolute atomic E-state index is 0.0736. The molecular weight excluding hydrogens is 338 g/mol. The number of carbonyl (C=O) groups is 2. The smallest absolute Gasteiger partial charge is 0.272 e. The average molecular weight is 360 g/mol. The monoisotopic (exact) mass is 359 g/mol. The third kappa shape index (κ3) is 2.71. The molecule has 25 heavy (non-hydrogen) atoms. The lowest BCUT2D eigenvalue weighted by Crippen LogP contribution is -2.36. The van der Waals surface area contributed by atoms with Crippen molar-refractivity contribution in [3.8, 4) is 0 Å². The number of nitrogens with zero attached hydrogens (tertiary/aromatic N) is 3. The van der Waals surface area contributed by atoms with Crippen molar-refractivity contribution < 1.29 is 9.59 Å². The molecule has 2 saturated heterocycles. The number of hydrogen-bond donors (Lipinski definition) is 0. The normalized spacial score (nSPS) is 20.6. The highest BCUT2D eigenvalue weighted by molar-refractivity contribution is 6.38. The number of benzene rings is 1. The maximum atomic E-state index is 13.0. The number of fused-ring (bicyclic) bond motifs is 1. The highest BCUT2D eigenvalue weighted by Gasteiger charge is 2.36. The van der Waals surface area contributed by atoms with Crippen molar-refractivity contribution >= 4 is 34.3 Å². The number of carbonyl (C=O) groups excluding carboxylic acids is 2. The van der Waals surface area contributed by atoms with Gasteiger partial charge in [0.1, 0.15) is 5.69 Å². The number of rotatable bonds is 2. The van der Waals surface area contributed by atoms with Crippen LogP contribution in [0, 0.1) is 5.92 Å². The lowest BCUT2D eigenvalue weighted by atomic mass is 10.1. The molecule has 2 aliphatic heterocycles. The summed E-state index contributed by atoms with van der Waals surface area (Å²) in [4.78, 5) is 29.4. The molecule has 2 fully saturated rings. The van der Waals surface area contributed by atoms with E-state index in [-0.39, 0.29) is 17.7 Å². The maximum absolute atomic E-state index is 13.0. The molecule has 1 unspecified atom stereocenters. The topological polar surface area (TPSA) is 45.6 Å². The van der Waals surface area contributed by atoms with Crippen LogP contribution in [0.2, 0.25) is 5.02 Å². The lowest BCUT2D eigenvalue weighted by molar-refractivity contribution is -0.133. The molecule has 0 radical (unpaired) electrons. The van der Waals surface area contributed by atoms with Gasteiger partial charge in [0.05, 0.1) is 10.9 Å². The van der Waals surface area contributed by atoms with Gasteiger partial charge in [-0.1, -0.05) is 29.8 Å². The molecule has 6 heteroatoms. The fourth-order valence-electron chi connectivity index (χ4n) is 4.08. The van der Waals surface area contributed by atoms with E-state index in [2.05, 4.69) is 0 Å². The average Bonchev–Trinajstić information content (AvgIpc) is 3.36. The Morgan fingerprint density at radius 1 is 1.08 bits per heavy atom. The van der Waals surface area contributed by atoms with Gasteiger partial charge in [-0.15, -0.1) is 0 Å². The van der Waals surface area contributed by atoms with Crippen LogP contribution >= 0.6 is 11.6 Å². The number of aryl methyl sites for hydroxylation is 1. The SMILES string of the molecule is Cn1c(C(=O)N2CCC(C(=O)N3CCCC3)C2)c(Cl)c2ccccc21. The summed E-state index contributed by atoms with van der Waals surface area (Å²) in [5, 5.41) is 1.39. The Labute approximate surface area is 152 Å². The first-order valence-corrected chi connectivity index (χ1v) is 9.26. The zero-order chi connectivity index (χ0) is 17.6. The Hall–Kier alpha value is -2.01. The highest BCUT2D eigenvalue weighted by atomic mass is 35.5. The first-order valence-electron chi connectivity index (χ1n) is 8.89. The quantitative estimate of drug-likeness (QED) is 0.827. The molecule has 0 bridgehead atoms. The summed E-state index contributed by atoms with van der Waals surface area (Å²) in [6.45, 7) is 2.82. The number of hydrogen-bond acceptors (Lipinski definition) is 2. The summed E-state index contributed by atoms with van der Waals surface area (Å²) >= 11 is 6.49. The van der Waals surface area contributed by atoms with E-state index in [9.17, 15) is 9.59 Å². The van der Waals surface area contributed by atoms with Crippen LogP contribution in [-0.2, 0) is 11.8 Å². The van der Waals surface area contributed by atoms with Gasteiger partial charge in [-0.2, -0.15) is 0 Å². The van der Waals surface area contributed by atoms with E-state index in [1.807, 2.05) is 40.8 Å². The van der Waals surface area contributed by atoms with Crippen molar-refractivity contribution in [2.24, 2.45) is 13.0 Å². The van der Waals surface area contributed by atoms with E-state index in [1.54, 1.807) is 4.90 Å². The van der Waals surface area contributed by atoms with Gasteiger partial charge in [-0.05, 0) is 25.3 Å². The standard InChI is InChI=1S/C19H22ClN3O2/c1-21-15-7-3-2-6-14(15)16(20)17(21)19(25)23-11-8-13(12-23)18(24)22-9-4-5-10-22/h2-3,6-7,13H,4-5,8-12H2,1H3. The largest absolute Gasteiger partial charge is 0.342 e. The molecule has 4 rings (SSSR count). The van der Waals surface area contributed by atoms with Gasteiger partial charge < -0.3 is 14.4 Å². The van der Waals surface area contributed by atoms with Crippen molar-refractivity contribution in [2.45, 2.75) is 19.3 Å². The number of amides is 2. The van der Waals surface area contributed by atoms with Crippen LogP contribution in [0.5, 0.6) is 0 Å². The summed E-state index contributed by atoms with van der Waals surface area (Å²) < 4.78 is 1.86. The molecule has 0 saturated carbocycles. The molecule has 3 heterocycles. The van der Waals surface area contributed by atoms with Crippen LogP contribution in [0.1, 0.15) is 29.8 Å². The second-order valence-corrected chi connectivity index (χ2v) is 7.39. The lowest BCUT2D eigenvalue weighted by Gasteiger charge is -2.21. The predicted octanol–water partition coefficient (Wildman–Crippen LogP) is 2.92. The van der Waals surface area contributed by atoms with Gasteiger partial charge in [-0.3, -0.25) is 9.59 Å². The molecule has 2 aromatic rings. The number of halogens is 1. The maximum Gasteiger partial charge on any atom is 0.272 e. The summed E-state index contributed by atoms with van der Waals surface area (Å²) in [5.74, 6) is 0.0480. The van der Waals surface area contributed by atoms with Crippen molar-refractivity contribution in [2.75, 3.05) is 26.2 Å². The molecule has 1 aromatic carbocycles. The Bertz CT molecular complexity index is 800. The van der Waals surface area contributed by atoms with Crippen molar-refractivity contribution in [3.05, 3.63) is 35.0 Å². The van der Waals surface area contributed by atoms with E-state index in [1.165, 1.54) is 0 Å². The molecular formula is C19H22ClN3O2. The van der Waals surface area contributed by atoms with Crippen molar-refractivity contribution in [1.82, 2.24) is 14.4 Å². The Kier molecular flexibility index (Phi) is 4.20. The minimum Gasteiger partial charge on any atom is -0.342 e. The van der Waals surface area contributed by atoms with Crippen molar-refractivity contribution in [3.63, 3.8) is 0 Å². The van der Waals surface area contributed by atoms with Crippen LogP contribution < -0.4 is 0 Å². The summed E-state index contributed by atoms with van der Waals surface area (Å²) in [6.07, 6.45) is 2.92. The van der Waals surface area contributed by atoms with Gasteiger partial charge >= 0.3 is 0 Å². The van der Waals surface area contributed by atoms with Gasteiger partial charge in [0.15, 0.2) is 0 Å². The molecule has 2 aliphatic rings. The Morgan fingerprint density at radius 2 is 1.80 bits per heavy atom. The second kappa shape index (κ2) is 6.37. The van der Waals surface area contributed by atoms with Crippen molar-refractivity contribution in [1.29, 1.82) is 0 Å². The Morgan fingerprint density at radius 3 is 2.52 bits per heavy atom. The number of para-hydroxylation sites is 1. The highest BCUT2D eigenvalue weighted by Crippen LogP contribution is 2.32. The third-order valence-corrected chi connectivity index (χ3v) is 5.87. The predicted molar refractivity (Wildman–Crippen MR) is 97.8 cm³/mol. The number of aromatic nitrogens is 1. The molecule has 132 valence electrons. The van der Waals surface area contributed by atoms with E-state index in [0.717, 1.165) is 43.3 Å². The molecule has 1 aromatic heterocycles. The van der Waals surface area contributed by atoms with Gasteiger partial charge in [0.25, 0.3) is 5.91 Å². The first-order chi connectivity index (χ1) is 12.1. The van der Waals surface area contributed by atoms with Crippen LogP contribution in [0.15, 0.2) is 24.3 Å². The van der Waals surface area contributed by atoms with Gasteiger partial charge in [0, 0.05) is 44.1 Å². The minimum atomic E-state index is -0.0829. The zero-order valence-corrected chi connectivity index (χ0v) is 15.1. The fourth-order valence-corrected chi connectivity index (χ4v) is 4.44. The van der Waals surface area contributed by atoms with E-state index in [4.69, 9.17) is 11.6 Å². The van der Waals surface area contributed by atoms with E-state index in [0.29, 0.717) is 23.8 Å². The van der Waals surface area contributed by atoms with Crippen LogP contribution in [0.3, 0.4) is 0 Å². The molecule has 1 atom stereocenters. The van der Waals surface area contributed by atoms with Crippen LogP contribution in [-0.4, -0.2) is 52.4 Å². The molecule has 2 amide bonds. The Balaban J connectivity index is 1.55. The summed E-state index contributed by atoms with van der Waals surface area (Å²) in [5.41, 5.74) is 1.46. The number of likely N-dealkylation sites (tertiary alicyclic amines) is 2. The fraction of sp³-hybridized carbons (Fsp3) is 0.474. The second-order valence-electron chi connectivity index (χ2n) is 7.01. The zero-order valence-electron chi connectivity index (χ0n) is 14.4. The van der Waals surface area contributed by atoms with E-state index >= 15 is 0 Å². The first kappa shape index (κ1) is 16.5. The van der Waals surface area contributed by atoms with Crippen LogP contribution in [0.4, 0.5) is 0 Å². The molecule has 5 nitrogen and oxygen atoms in total.